The first-order chi connectivity index (χ1) is 16.6. The molecule has 1 unspecified atom stereocenters. The molecule has 3 aromatic rings. The third-order valence-electron chi connectivity index (χ3n) is 6.66. The first-order valence-electron chi connectivity index (χ1n) is 11.8. The largest absolute Gasteiger partial charge is 0.507 e. The third-order valence-corrected chi connectivity index (χ3v) is 6.66. The van der Waals surface area contributed by atoms with E-state index >= 15 is 0 Å². The number of hydrogen-bond donors (Lipinski definition) is 1. The van der Waals surface area contributed by atoms with Crippen molar-refractivity contribution in [2.24, 2.45) is 0 Å². The van der Waals surface area contributed by atoms with Crippen LogP contribution in [0.15, 0.2) is 66.2 Å². The fraction of sp³-hybridized carbons (Fsp3) is 0.267. The summed E-state index contributed by atoms with van der Waals surface area (Å²) >= 11 is 0. The van der Waals surface area contributed by atoms with E-state index in [0.717, 1.165) is 33.6 Å². The van der Waals surface area contributed by atoms with E-state index in [1.165, 1.54) is 4.90 Å². The highest BCUT2D eigenvalue weighted by atomic mass is 16.5. The van der Waals surface area contributed by atoms with Gasteiger partial charge in [-0.2, -0.15) is 0 Å². The zero-order valence-electron chi connectivity index (χ0n) is 21.0. The molecule has 1 atom stereocenters. The van der Waals surface area contributed by atoms with Crippen molar-refractivity contribution in [2.75, 3.05) is 12.0 Å². The van der Waals surface area contributed by atoms with Crippen LogP contribution >= 0.6 is 0 Å². The third kappa shape index (κ3) is 4.23. The molecule has 1 heterocycles. The number of benzene rings is 3. The van der Waals surface area contributed by atoms with Gasteiger partial charge in [0.05, 0.1) is 18.7 Å². The van der Waals surface area contributed by atoms with Gasteiger partial charge in [-0.3, -0.25) is 14.5 Å². The second-order valence-electron chi connectivity index (χ2n) is 9.43. The number of anilines is 1. The Morgan fingerprint density at radius 3 is 2.29 bits per heavy atom. The van der Waals surface area contributed by atoms with Gasteiger partial charge in [-0.1, -0.05) is 50.2 Å². The van der Waals surface area contributed by atoms with E-state index in [0.29, 0.717) is 11.3 Å². The number of amides is 1. The van der Waals surface area contributed by atoms with Crippen LogP contribution in [0.4, 0.5) is 5.69 Å². The van der Waals surface area contributed by atoms with E-state index in [2.05, 4.69) is 0 Å². The maximum absolute atomic E-state index is 13.5. The van der Waals surface area contributed by atoms with Crippen LogP contribution in [-0.2, 0) is 9.59 Å². The molecular weight excluding hydrogens is 438 g/mol. The van der Waals surface area contributed by atoms with Gasteiger partial charge in [0.2, 0.25) is 0 Å². The fourth-order valence-electron chi connectivity index (χ4n) is 4.79. The Morgan fingerprint density at radius 2 is 1.66 bits per heavy atom. The molecule has 0 spiro atoms. The second-order valence-corrected chi connectivity index (χ2v) is 9.43. The topological polar surface area (TPSA) is 66.8 Å². The van der Waals surface area contributed by atoms with Crippen molar-refractivity contribution in [3.8, 4) is 5.75 Å². The summed E-state index contributed by atoms with van der Waals surface area (Å²) in [5.74, 6) is -0.656. The van der Waals surface area contributed by atoms with Crippen molar-refractivity contribution in [3.05, 3.63) is 99.6 Å². The summed E-state index contributed by atoms with van der Waals surface area (Å²) in [7, 11) is 1.62. The predicted molar refractivity (Wildman–Crippen MR) is 139 cm³/mol. The fourth-order valence-corrected chi connectivity index (χ4v) is 4.79. The lowest BCUT2D eigenvalue weighted by Gasteiger charge is -2.27. The molecule has 0 aromatic heterocycles. The van der Waals surface area contributed by atoms with Crippen LogP contribution < -0.4 is 9.64 Å². The van der Waals surface area contributed by atoms with E-state index < -0.39 is 17.7 Å². The molecule has 3 aromatic carbocycles. The van der Waals surface area contributed by atoms with Crippen LogP contribution in [0.25, 0.3) is 5.76 Å². The molecule has 0 bridgehead atoms. The van der Waals surface area contributed by atoms with Crippen molar-refractivity contribution >= 4 is 23.1 Å². The SMILES string of the molecule is COc1cc(C)c(/C(O)=C2\C(=O)C(=O)N(c3cccc(C)c3)C2c2ccccc2C)cc1C(C)C. The average molecular weight is 470 g/mol. The van der Waals surface area contributed by atoms with Gasteiger partial charge in [-0.25, -0.2) is 0 Å². The molecule has 1 aliphatic heterocycles. The molecule has 4 rings (SSSR count). The van der Waals surface area contributed by atoms with Crippen molar-refractivity contribution in [3.63, 3.8) is 0 Å². The Balaban J connectivity index is 2.01. The van der Waals surface area contributed by atoms with Crippen LogP contribution in [0.3, 0.4) is 0 Å². The highest BCUT2D eigenvalue weighted by Gasteiger charge is 2.47. The van der Waals surface area contributed by atoms with E-state index in [-0.39, 0.29) is 17.3 Å². The van der Waals surface area contributed by atoms with Crippen LogP contribution in [0.1, 0.15) is 59.2 Å². The molecule has 0 aliphatic carbocycles. The summed E-state index contributed by atoms with van der Waals surface area (Å²) in [6.07, 6.45) is 0. The van der Waals surface area contributed by atoms with Crippen molar-refractivity contribution in [1.82, 2.24) is 0 Å². The lowest BCUT2D eigenvalue weighted by molar-refractivity contribution is -0.132. The monoisotopic (exact) mass is 469 g/mol. The van der Waals surface area contributed by atoms with Crippen molar-refractivity contribution in [1.29, 1.82) is 0 Å². The standard InChI is InChI=1S/C30H31NO4/c1-17(2)23-16-24(20(5)15-25(23)35-6)28(32)26-27(22-13-8-7-11-19(22)4)31(30(34)29(26)33)21-12-9-10-18(3)14-21/h7-17,27,32H,1-6H3/b28-26+. The quantitative estimate of drug-likeness (QED) is 0.268. The molecule has 1 amide bonds. The molecule has 1 fully saturated rings. The molecular formula is C30H31NO4. The average Bonchev–Trinajstić information content (AvgIpc) is 3.08. The number of carbonyl (C=O) groups excluding carboxylic acids is 2. The first-order valence-corrected chi connectivity index (χ1v) is 11.8. The van der Waals surface area contributed by atoms with Gasteiger partial charge in [0, 0.05) is 11.3 Å². The van der Waals surface area contributed by atoms with Crippen LogP contribution in [0.2, 0.25) is 0 Å². The maximum atomic E-state index is 13.5. The summed E-state index contributed by atoms with van der Waals surface area (Å²) in [6, 6.07) is 18.1. The van der Waals surface area contributed by atoms with Gasteiger partial charge in [-0.15, -0.1) is 0 Å². The van der Waals surface area contributed by atoms with Crippen LogP contribution in [0, 0.1) is 20.8 Å². The number of aliphatic hydroxyl groups is 1. The minimum atomic E-state index is -0.748. The van der Waals surface area contributed by atoms with Gasteiger partial charge in [0.1, 0.15) is 11.5 Å². The zero-order valence-corrected chi connectivity index (χ0v) is 21.0. The van der Waals surface area contributed by atoms with E-state index in [4.69, 9.17) is 4.74 Å². The number of rotatable bonds is 5. The Bertz CT molecular complexity index is 1350. The summed E-state index contributed by atoms with van der Waals surface area (Å²) < 4.78 is 5.55. The van der Waals surface area contributed by atoms with Gasteiger partial charge < -0.3 is 9.84 Å². The smallest absolute Gasteiger partial charge is 0.300 e. The highest BCUT2D eigenvalue weighted by Crippen LogP contribution is 2.44. The van der Waals surface area contributed by atoms with Gasteiger partial charge in [0.25, 0.3) is 11.7 Å². The summed E-state index contributed by atoms with van der Waals surface area (Å²) in [5.41, 5.74) is 5.61. The number of aryl methyl sites for hydroxylation is 3. The Kier molecular flexibility index (Phi) is 6.53. The lowest BCUT2D eigenvalue weighted by Crippen LogP contribution is -2.29. The van der Waals surface area contributed by atoms with Crippen LogP contribution in [-0.4, -0.2) is 23.9 Å². The first kappa shape index (κ1) is 24.3. The highest BCUT2D eigenvalue weighted by molar-refractivity contribution is 6.51. The molecule has 35 heavy (non-hydrogen) atoms. The summed E-state index contributed by atoms with van der Waals surface area (Å²) in [5, 5.41) is 11.6. The molecule has 0 radical (unpaired) electrons. The zero-order chi connectivity index (χ0) is 25.4. The number of hydrogen-bond acceptors (Lipinski definition) is 4. The molecule has 5 heteroatoms. The number of aliphatic hydroxyl groups excluding tert-OH is 1. The molecule has 0 saturated carbocycles. The Hall–Kier alpha value is -3.86. The Morgan fingerprint density at radius 1 is 0.943 bits per heavy atom. The number of Topliss-reactive ketones (excluding diaryl/α,β-unsaturated/α-hetero) is 1. The van der Waals surface area contributed by atoms with Gasteiger partial charge >= 0.3 is 0 Å². The number of methoxy groups -OCH3 is 1. The predicted octanol–water partition coefficient (Wildman–Crippen LogP) is 6.37. The van der Waals surface area contributed by atoms with Crippen LogP contribution in [0.5, 0.6) is 5.75 Å². The molecule has 180 valence electrons. The molecule has 1 N–H and O–H groups in total. The lowest BCUT2D eigenvalue weighted by atomic mass is 9.89. The molecule has 5 nitrogen and oxygen atoms in total. The second kappa shape index (κ2) is 9.41. The van der Waals surface area contributed by atoms with Crippen molar-refractivity contribution in [2.45, 2.75) is 46.6 Å². The summed E-state index contributed by atoms with van der Waals surface area (Å²) in [4.78, 5) is 28.4. The number of ether oxygens (including phenoxy) is 1. The number of carbonyl (C=O) groups is 2. The number of ketones is 1. The molecule has 1 saturated heterocycles. The molecule has 1 aliphatic rings. The number of nitrogens with zero attached hydrogens (tertiary/aromatic N) is 1. The summed E-state index contributed by atoms with van der Waals surface area (Å²) in [6.45, 7) is 9.83. The minimum absolute atomic E-state index is 0.0915. The normalized spacial score (nSPS) is 17.3. The van der Waals surface area contributed by atoms with E-state index in [9.17, 15) is 14.7 Å². The van der Waals surface area contributed by atoms with Gasteiger partial charge in [-0.05, 0) is 78.8 Å². The van der Waals surface area contributed by atoms with E-state index in [1.807, 2.05) is 95.3 Å². The Labute approximate surface area is 206 Å². The maximum Gasteiger partial charge on any atom is 0.300 e. The van der Waals surface area contributed by atoms with Crippen molar-refractivity contribution < 1.29 is 19.4 Å². The minimum Gasteiger partial charge on any atom is -0.507 e. The van der Waals surface area contributed by atoms with Gasteiger partial charge in [0.15, 0.2) is 0 Å². The van der Waals surface area contributed by atoms with E-state index in [1.54, 1.807) is 7.11 Å².